The first-order valence-corrected chi connectivity index (χ1v) is 19.4. The first-order valence-electron chi connectivity index (χ1n) is 19.4. The van der Waals surface area contributed by atoms with Gasteiger partial charge in [0.15, 0.2) is 0 Å². The van der Waals surface area contributed by atoms with Crippen molar-refractivity contribution in [3.05, 3.63) is 218 Å². The number of aromatic nitrogens is 2. The molecular weight excluding hydrogens is 693 g/mol. The zero-order valence-corrected chi connectivity index (χ0v) is 31.1. The fourth-order valence-electron chi connectivity index (χ4n) is 8.55. The molecule has 0 amide bonds. The van der Waals surface area contributed by atoms with Crippen LogP contribution in [0.25, 0.3) is 99.2 Å². The molecule has 0 atom stereocenters. The minimum Gasteiger partial charge on any atom is -0.456 e. The third-order valence-corrected chi connectivity index (χ3v) is 11.2. The Morgan fingerprint density at radius 1 is 0.246 bits per heavy atom. The Morgan fingerprint density at radius 2 is 0.632 bits per heavy atom. The zero-order chi connectivity index (χ0) is 37.7. The molecule has 0 unspecified atom stereocenters. The van der Waals surface area contributed by atoms with E-state index in [2.05, 4.69) is 191 Å². The van der Waals surface area contributed by atoms with Crippen LogP contribution >= 0.6 is 0 Å². The Kier molecular flexibility index (Phi) is 7.82. The Hall–Kier alpha value is -7.62. The minimum atomic E-state index is 0.894. The lowest BCUT2D eigenvalue weighted by Crippen LogP contribution is -1.94. The summed E-state index contributed by atoms with van der Waals surface area (Å²) in [6.45, 7) is 0. The van der Waals surface area contributed by atoms with Crippen LogP contribution < -0.4 is 0 Å². The number of nitrogens with zero attached hydrogens (tertiary/aromatic N) is 2. The smallest absolute Gasteiger partial charge is 0.135 e. The van der Waals surface area contributed by atoms with Gasteiger partial charge in [-0.05, 0) is 101 Å². The number of hydrogen-bond donors (Lipinski definition) is 0. The largest absolute Gasteiger partial charge is 0.456 e. The van der Waals surface area contributed by atoms with E-state index >= 15 is 0 Å². The van der Waals surface area contributed by atoms with Gasteiger partial charge in [0.05, 0.1) is 22.1 Å². The number of benzene rings is 9. The molecule has 0 aliphatic heterocycles. The molecule has 0 saturated carbocycles. The van der Waals surface area contributed by atoms with Gasteiger partial charge in [0.1, 0.15) is 11.2 Å². The standard InChI is InChI=1S/C48H30N2O.C6H6/c1-2-12-35(13-3-1)49-45-20-9-6-17-39(45)40-28-32(21-24-46(40)49)34-23-26-48-42(30-34)41-29-33(22-25-47(41)51-48)31-11-10-14-36(27-31)50-43-18-7-4-15-37(43)38-16-5-8-19-44(38)50;1-2-4-6-5-3-1/h1-30H;1-6H. The summed E-state index contributed by atoms with van der Waals surface area (Å²) in [5.74, 6) is 0. The summed E-state index contributed by atoms with van der Waals surface area (Å²) in [4.78, 5) is 0. The van der Waals surface area contributed by atoms with Crippen LogP contribution in [-0.2, 0) is 0 Å². The van der Waals surface area contributed by atoms with Gasteiger partial charge in [-0.2, -0.15) is 0 Å². The van der Waals surface area contributed by atoms with Crippen molar-refractivity contribution in [1.82, 2.24) is 9.13 Å². The second-order valence-electron chi connectivity index (χ2n) is 14.5. The molecule has 0 bridgehead atoms. The molecule has 3 heterocycles. The highest BCUT2D eigenvalue weighted by atomic mass is 16.3. The predicted molar refractivity (Wildman–Crippen MR) is 240 cm³/mol. The van der Waals surface area contributed by atoms with E-state index in [0.29, 0.717) is 0 Å². The van der Waals surface area contributed by atoms with E-state index in [1.54, 1.807) is 0 Å². The summed E-state index contributed by atoms with van der Waals surface area (Å²) in [6.07, 6.45) is 0. The first-order chi connectivity index (χ1) is 28.3. The van der Waals surface area contributed by atoms with Crippen molar-refractivity contribution in [3.8, 4) is 33.6 Å². The van der Waals surface area contributed by atoms with Crippen LogP contribution in [0.5, 0.6) is 0 Å². The second-order valence-corrected chi connectivity index (χ2v) is 14.5. The van der Waals surface area contributed by atoms with E-state index in [4.69, 9.17) is 4.42 Å². The maximum absolute atomic E-state index is 6.39. The lowest BCUT2D eigenvalue weighted by Gasteiger charge is -2.10. The van der Waals surface area contributed by atoms with Gasteiger partial charge in [0.25, 0.3) is 0 Å². The summed E-state index contributed by atoms with van der Waals surface area (Å²) in [6, 6.07) is 77.5. The van der Waals surface area contributed by atoms with E-state index in [0.717, 1.165) is 33.2 Å². The average molecular weight is 729 g/mol. The molecule has 0 saturated heterocycles. The molecule has 57 heavy (non-hydrogen) atoms. The maximum Gasteiger partial charge on any atom is 0.135 e. The van der Waals surface area contributed by atoms with Crippen molar-refractivity contribution < 1.29 is 4.42 Å². The molecule has 268 valence electrons. The quantitative estimate of drug-likeness (QED) is 0.177. The number of rotatable bonds is 4. The molecule has 12 rings (SSSR count). The Labute approximate surface area is 329 Å². The van der Waals surface area contributed by atoms with Crippen molar-refractivity contribution in [2.75, 3.05) is 0 Å². The van der Waals surface area contributed by atoms with Gasteiger partial charge in [-0.1, -0.05) is 140 Å². The van der Waals surface area contributed by atoms with E-state index < -0.39 is 0 Å². The fraction of sp³-hybridized carbons (Fsp3) is 0. The normalized spacial score (nSPS) is 11.5. The molecule has 0 N–H and O–H groups in total. The van der Waals surface area contributed by atoms with Gasteiger partial charge < -0.3 is 13.6 Å². The molecule has 3 aromatic heterocycles. The number of fused-ring (bicyclic) bond motifs is 9. The van der Waals surface area contributed by atoms with Crippen LogP contribution in [0.2, 0.25) is 0 Å². The van der Waals surface area contributed by atoms with Crippen molar-refractivity contribution in [2.24, 2.45) is 0 Å². The molecule has 0 radical (unpaired) electrons. The van der Waals surface area contributed by atoms with E-state index in [1.807, 2.05) is 36.4 Å². The highest BCUT2D eigenvalue weighted by molar-refractivity contribution is 6.12. The highest BCUT2D eigenvalue weighted by Crippen LogP contribution is 2.39. The first kappa shape index (κ1) is 32.8. The molecule has 0 spiro atoms. The molecule has 12 aromatic rings. The van der Waals surface area contributed by atoms with Gasteiger partial charge in [0.2, 0.25) is 0 Å². The fourth-order valence-corrected chi connectivity index (χ4v) is 8.55. The Balaban J connectivity index is 0.000000574. The summed E-state index contributed by atoms with van der Waals surface area (Å²) in [7, 11) is 0. The van der Waals surface area contributed by atoms with Gasteiger partial charge in [-0.3, -0.25) is 0 Å². The van der Waals surface area contributed by atoms with Gasteiger partial charge in [-0.25, -0.2) is 0 Å². The van der Waals surface area contributed by atoms with Crippen molar-refractivity contribution >= 4 is 65.6 Å². The van der Waals surface area contributed by atoms with Gasteiger partial charge in [0, 0.05) is 43.7 Å². The van der Waals surface area contributed by atoms with Gasteiger partial charge >= 0.3 is 0 Å². The van der Waals surface area contributed by atoms with E-state index in [9.17, 15) is 0 Å². The van der Waals surface area contributed by atoms with Crippen LogP contribution in [0, 0.1) is 0 Å². The zero-order valence-electron chi connectivity index (χ0n) is 31.1. The molecule has 0 aliphatic carbocycles. The van der Waals surface area contributed by atoms with Crippen LogP contribution in [-0.4, -0.2) is 9.13 Å². The predicted octanol–water partition coefficient (Wildman–Crippen LogP) is 14.8. The van der Waals surface area contributed by atoms with E-state index in [-0.39, 0.29) is 0 Å². The third-order valence-electron chi connectivity index (χ3n) is 11.2. The molecular formula is C54H36N2O. The SMILES string of the molecule is c1ccc(-n2c3ccccc3c3cc(-c4ccc5oc6ccc(-c7cccc(-n8c9ccccc9c9ccccc98)c7)cc6c5c4)ccc32)cc1.c1ccccc1. The summed E-state index contributed by atoms with van der Waals surface area (Å²) in [5, 5.41) is 7.27. The highest BCUT2D eigenvalue weighted by Gasteiger charge is 2.16. The summed E-state index contributed by atoms with van der Waals surface area (Å²) in [5.41, 5.74) is 13.6. The monoisotopic (exact) mass is 728 g/mol. The van der Waals surface area contributed by atoms with Gasteiger partial charge in [-0.15, -0.1) is 0 Å². The Bertz CT molecular complexity index is 3320. The number of furan rings is 1. The summed E-state index contributed by atoms with van der Waals surface area (Å²) < 4.78 is 11.1. The molecule has 0 aliphatic rings. The molecule has 9 aromatic carbocycles. The number of para-hydroxylation sites is 4. The van der Waals surface area contributed by atoms with Crippen LogP contribution in [0.3, 0.4) is 0 Å². The van der Waals surface area contributed by atoms with E-state index in [1.165, 1.54) is 66.0 Å². The average Bonchev–Trinajstić information content (AvgIpc) is 3.94. The van der Waals surface area contributed by atoms with Crippen molar-refractivity contribution in [1.29, 1.82) is 0 Å². The minimum absolute atomic E-state index is 0.894. The van der Waals surface area contributed by atoms with Crippen molar-refractivity contribution in [2.45, 2.75) is 0 Å². The van der Waals surface area contributed by atoms with Crippen LogP contribution in [0.1, 0.15) is 0 Å². The lowest BCUT2D eigenvalue weighted by molar-refractivity contribution is 0.669. The Morgan fingerprint density at radius 3 is 1.19 bits per heavy atom. The molecule has 0 fully saturated rings. The third kappa shape index (κ3) is 5.60. The topological polar surface area (TPSA) is 23.0 Å². The van der Waals surface area contributed by atoms with Crippen molar-refractivity contribution in [3.63, 3.8) is 0 Å². The maximum atomic E-state index is 6.39. The molecule has 3 nitrogen and oxygen atoms in total. The summed E-state index contributed by atoms with van der Waals surface area (Å²) >= 11 is 0. The van der Waals surface area contributed by atoms with Crippen LogP contribution in [0.4, 0.5) is 0 Å². The lowest BCUT2D eigenvalue weighted by atomic mass is 9.99. The molecule has 3 heteroatoms. The van der Waals surface area contributed by atoms with Crippen LogP contribution in [0.15, 0.2) is 223 Å². The second kappa shape index (κ2) is 13.6. The number of hydrogen-bond acceptors (Lipinski definition) is 1.